The normalized spacial score (nSPS) is 12.4. The zero-order chi connectivity index (χ0) is 12.9. The second-order valence-electron chi connectivity index (χ2n) is 4.73. The number of unbranched alkanes of at least 4 members (excludes halogenated alkanes) is 5. The van der Waals surface area contributed by atoms with Crippen molar-refractivity contribution in [3.05, 3.63) is 0 Å². The van der Waals surface area contributed by atoms with Gasteiger partial charge in [-0.05, 0) is 32.6 Å². The predicted molar refractivity (Wildman–Crippen MR) is 69.9 cm³/mol. The van der Waals surface area contributed by atoms with Crippen molar-refractivity contribution >= 4 is 5.97 Å². The van der Waals surface area contributed by atoms with E-state index in [1.54, 1.807) is 6.92 Å². The third-order valence-corrected chi connectivity index (χ3v) is 2.76. The average Bonchev–Trinajstić information content (AvgIpc) is 2.28. The van der Waals surface area contributed by atoms with Crippen LogP contribution in [0.3, 0.4) is 0 Å². The van der Waals surface area contributed by atoms with Gasteiger partial charge in [-0.3, -0.25) is 4.79 Å². The minimum absolute atomic E-state index is 0.0708. The lowest BCUT2D eigenvalue weighted by molar-refractivity contribution is -0.143. The molecule has 1 unspecified atom stereocenters. The van der Waals surface area contributed by atoms with E-state index in [0.29, 0.717) is 13.0 Å². The van der Waals surface area contributed by atoms with E-state index < -0.39 is 0 Å². The number of hydrogen-bond donors (Lipinski definition) is 1. The smallest absolute Gasteiger partial charge is 0.305 e. The quantitative estimate of drug-likeness (QED) is 0.447. The summed E-state index contributed by atoms with van der Waals surface area (Å²) in [6, 6.07) is 0. The molecule has 0 heterocycles. The van der Waals surface area contributed by atoms with Crippen molar-refractivity contribution < 1.29 is 14.6 Å². The lowest BCUT2D eigenvalue weighted by Crippen LogP contribution is -2.06. The van der Waals surface area contributed by atoms with Gasteiger partial charge in [0.05, 0.1) is 12.7 Å². The van der Waals surface area contributed by atoms with Gasteiger partial charge >= 0.3 is 5.97 Å². The summed E-state index contributed by atoms with van der Waals surface area (Å²) in [5, 5.41) is 9.04. The van der Waals surface area contributed by atoms with Crippen LogP contribution in [-0.4, -0.2) is 23.8 Å². The number of carbonyl (C=O) groups excluding carboxylic acids is 1. The van der Waals surface area contributed by atoms with Gasteiger partial charge in [-0.15, -0.1) is 0 Å². The lowest BCUT2D eigenvalue weighted by atomic mass is 10.1. The van der Waals surface area contributed by atoms with Crippen molar-refractivity contribution in [1.82, 2.24) is 0 Å². The van der Waals surface area contributed by atoms with Gasteiger partial charge in [0.1, 0.15) is 0 Å². The number of aliphatic hydroxyl groups is 1. The maximum Gasteiger partial charge on any atom is 0.305 e. The van der Waals surface area contributed by atoms with Crippen molar-refractivity contribution in [2.75, 3.05) is 6.61 Å². The molecule has 0 rings (SSSR count). The Hall–Kier alpha value is -0.570. The highest BCUT2D eigenvalue weighted by Crippen LogP contribution is 2.06. The fraction of sp³-hybridized carbons (Fsp3) is 0.929. The highest BCUT2D eigenvalue weighted by atomic mass is 16.5. The van der Waals surface area contributed by atoms with E-state index in [2.05, 4.69) is 6.92 Å². The fourth-order valence-electron chi connectivity index (χ4n) is 1.67. The van der Waals surface area contributed by atoms with Gasteiger partial charge < -0.3 is 9.84 Å². The molecule has 17 heavy (non-hydrogen) atoms. The molecule has 0 aromatic heterocycles. The van der Waals surface area contributed by atoms with Crippen LogP contribution in [0.4, 0.5) is 0 Å². The predicted octanol–water partition coefficient (Wildman–Crippen LogP) is 3.44. The van der Waals surface area contributed by atoms with Gasteiger partial charge in [0, 0.05) is 6.42 Å². The largest absolute Gasteiger partial charge is 0.466 e. The van der Waals surface area contributed by atoms with E-state index in [-0.39, 0.29) is 12.1 Å². The molecule has 0 aliphatic rings. The van der Waals surface area contributed by atoms with E-state index >= 15 is 0 Å². The Morgan fingerprint density at radius 2 is 1.82 bits per heavy atom. The highest BCUT2D eigenvalue weighted by Gasteiger charge is 2.02. The van der Waals surface area contributed by atoms with Crippen LogP contribution in [-0.2, 0) is 9.53 Å². The Morgan fingerprint density at radius 1 is 1.12 bits per heavy atom. The van der Waals surface area contributed by atoms with Crippen molar-refractivity contribution in [2.45, 2.75) is 77.7 Å². The molecule has 1 atom stereocenters. The van der Waals surface area contributed by atoms with Crippen molar-refractivity contribution in [1.29, 1.82) is 0 Å². The van der Waals surface area contributed by atoms with Crippen LogP contribution in [0, 0.1) is 0 Å². The summed E-state index contributed by atoms with van der Waals surface area (Å²) in [5.41, 5.74) is 0. The van der Waals surface area contributed by atoms with Crippen LogP contribution in [0.5, 0.6) is 0 Å². The summed E-state index contributed by atoms with van der Waals surface area (Å²) < 4.78 is 5.11. The number of carbonyl (C=O) groups is 1. The van der Waals surface area contributed by atoms with Crippen LogP contribution < -0.4 is 0 Å². The van der Waals surface area contributed by atoms with E-state index in [4.69, 9.17) is 9.84 Å². The Bertz CT molecular complexity index is 178. The summed E-state index contributed by atoms with van der Waals surface area (Å²) in [6.07, 6.45) is 8.66. The van der Waals surface area contributed by atoms with Gasteiger partial charge in [-0.2, -0.15) is 0 Å². The third-order valence-electron chi connectivity index (χ3n) is 2.76. The zero-order valence-corrected chi connectivity index (χ0v) is 11.4. The first-order chi connectivity index (χ1) is 8.16. The molecular weight excluding hydrogens is 216 g/mol. The molecule has 0 fully saturated rings. The van der Waals surface area contributed by atoms with Crippen molar-refractivity contribution in [3.63, 3.8) is 0 Å². The van der Waals surface area contributed by atoms with Gasteiger partial charge in [0.25, 0.3) is 0 Å². The number of rotatable bonds is 11. The first kappa shape index (κ1) is 16.4. The first-order valence-electron chi connectivity index (χ1n) is 7.00. The van der Waals surface area contributed by atoms with E-state index in [1.807, 2.05) is 0 Å². The Balaban J connectivity index is 3.18. The van der Waals surface area contributed by atoms with Crippen LogP contribution in [0.25, 0.3) is 0 Å². The SMILES string of the molecule is CCCCCCCC(=O)OCCCCC(C)O. The summed E-state index contributed by atoms with van der Waals surface area (Å²) >= 11 is 0. The van der Waals surface area contributed by atoms with Crippen LogP contribution in [0.1, 0.15) is 71.6 Å². The minimum Gasteiger partial charge on any atom is -0.466 e. The molecule has 0 saturated heterocycles. The molecule has 0 radical (unpaired) electrons. The standard InChI is InChI=1S/C14H28O3/c1-3-4-5-6-7-11-14(16)17-12-9-8-10-13(2)15/h13,15H,3-12H2,1-2H3. The second-order valence-corrected chi connectivity index (χ2v) is 4.73. The summed E-state index contributed by atoms with van der Waals surface area (Å²) in [6.45, 7) is 4.46. The summed E-state index contributed by atoms with van der Waals surface area (Å²) in [7, 11) is 0. The number of hydrogen-bond acceptors (Lipinski definition) is 3. The Labute approximate surface area is 106 Å². The van der Waals surface area contributed by atoms with E-state index in [0.717, 1.165) is 32.1 Å². The van der Waals surface area contributed by atoms with Crippen molar-refractivity contribution in [2.24, 2.45) is 0 Å². The fourth-order valence-corrected chi connectivity index (χ4v) is 1.67. The molecule has 0 bridgehead atoms. The van der Waals surface area contributed by atoms with Gasteiger partial charge in [0.2, 0.25) is 0 Å². The number of aliphatic hydroxyl groups excluding tert-OH is 1. The molecule has 0 saturated carbocycles. The lowest BCUT2D eigenvalue weighted by Gasteiger charge is -2.06. The molecule has 0 spiro atoms. The molecule has 0 aliphatic carbocycles. The molecule has 0 aromatic rings. The molecule has 1 N–H and O–H groups in total. The van der Waals surface area contributed by atoms with Crippen LogP contribution in [0.2, 0.25) is 0 Å². The molecule has 0 aromatic carbocycles. The zero-order valence-electron chi connectivity index (χ0n) is 11.4. The maximum absolute atomic E-state index is 11.3. The molecule has 0 amide bonds. The third kappa shape index (κ3) is 13.4. The van der Waals surface area contributed by atoms with Crippen LogP contribution >= 0.6 is 0 Å². The number of esters is 1. The van der Waals surface area contributed by atoms with Crippen LogP contribution in [0.15, 0.2) is 0 Å². The second kappa shape index (κ2) is 11.9. The Morgan fingerprint density at radius 3 is 2.47 bits per heavy atom. The first-order valence-corrected chi connectivity index (χ1v) is 7.00. The van der Waals surface area contributed by atoms with Crippen molar-refractivity contribution in [3.8, 4) is 0 Å². The molecule has 3 nitrogen and oxygen atoms in total. The molecule has 0 aliphatic heterocycles. The maximum atomic E-state index is 11.3. The monoisotopic (exact) mass is 244 g/mol. The topological polar surface area (TPSA) is 46.5 Å². The Kier molecular flexibility index (Phi) is 11.5. The minimum atomic E-state index is -0.246. The van der Waals surface area contributed by atoms with Gasteiger partial charge in [0.15, 0.2) is 0 Å². The number of ether oxygens (including phenoxy) is 1. The highest BCUT2D eigenvalue weighted by molar-refractivity contribution is 5.69. The van der Waals surface area contributed by atoms with Gasteiger partial charge in [-0.1, -0.05) is 32.6 Å². The molecule has 102 valence electrons. The molecular formula is C14H28O3. The van der Waals surface area contributed by atoms with Gasteiger partial charge in [-0.25, -0.2) is 0 Å². The average molecular weight is 244 g/mol. The van der Waals surface area contributed by atoms with E-state index in [9.17, 15) is 4.79 Å². The molecule has 3 heteroatoms. The summed E-state index contributed by atoms with van der Waals surface area (Å²) in [5.74, 6) is -0.0708. The summed E-state index contributed by atoms with van der Waals surface area (Å²) in [4.78, 5) is 11.3. The van der Waals surface area contributed by atoms with E-state index in [1.165, 1.54) is 19.3 Å².